The van der Waals surface area contributed by atoms with Crippen LogP contribution < -0.4 is 0 Å². The number of aromatic nitrogens is 4. The van der Waals surface area contributed by atoms with Gasteiger partial charge in [-0.2, -0.15) is 0 Å². The summed E-state index contributed by atoms with van der Waals surface area (Å²) in [4.78, 5) is 19.0. The van der Waals surface area contributed by atoms with Crippen LogP contribution in [-0.4, -0.2) is 30.1 Å². The largest absolute Gasteiger partial charge is 0.505 e. The molecule has 0 saturated carbocycles. The Hall–Kier alpha value is -4.22. The van der Waals surface area contributed by atoms with Crippen LogP contribution in [0.3, 0.4) is 0 Å². The van der Waals surface area contributed by atoms with E-state index in [9.17, 15) is 10.2 Å². The summed E-state index contributed by atoms with van der Waals surface area (Å²) in [6, 6.07) is 26.3. The van der Waals surface area contributed by atoms with Gasteiger partial charge in [-0.25, -0.2) is 19.9 Å². The van der Waals surface area contributed by atoms with Gasteiger partial charge in [0.25, 0.3) is 0 Å². The monoisotopic (exact) mass is 504 g/mol. The second-order valence-corrected chi connectivity index (χ2v) is 8.23. The third-order valence-corrected chi connectivity index (χ3v) is 6.27. The SMILES string of the molecule is Oc1c2cccc1c1nc(nc3cccc(c4nc(n2)-c2ccccc2-4)c3O)-c2ccccc2-1.[Zn]. The van der Waals surface area contributed by atoms with Gasteiger partial charge in [0.1, 0.15) is 11.0 Å². The molecule has 35 heavy (non-hydrogen) atoms. The van der Waals surface area contributed by atoms with Crippen molar-refractivity contribution in [3.05, 3.63) is 84.9 Å². The predicted molar refractivity (Wildman–Crippen MR) is 131 cm³/mol. The molecule has 0 radical (unpaired) electrons. The molecule has 7 rings (SSSR count). The minimum Gasteiger partial charge on any atom is -0.505 e. The van der Waals surface area contributed by atoms with E-state index >= 15 is 0 Å². The minimum absolute atomic E-state index is 0. The van der Waals surface area contributed by atoms with E-state index in [2.05, 4.69) is 0 Å². The number of aromatic hydroxyl groups is 2. The van der Waals surface area contributed by atoms with Crippen LogP contribution in [0.1, 0.15) is 0 Å². The summed E-state index contributed by atoms with van der Waals surface area (Å²) >= 11 is 0. The molecule has 0 saturated heterocycles. The molecule has 4 aromatic carbocycles. The van der Waals surface area contributed by atoms with Gasteiger partial charge in [0.2, 0.25) is 0 Å². The summed E-state index contributed by atoms with van der Waals surface area (Å²) in [7, 11) is 0. The van der Waals surface area contributed by atoms with Gasteiger partial charge < -0.3 is 10.2 Å². The van der Waals surface area contributed by atoms with Crippen LogP contribution in [0.15, 0.2) is 84.9 Å². The molecule has 162 valence electrons. The third kappa shape index (κ3) is 3.12. The quantitative estimate of drug-likeness (QED) is 0.247. The average molecular weight is 506 g/mol. The summed E-state index contributed by atoms with van der Waals surface area (Å²) in [5.41, 5.74) is 5.39. The van der Waals surface area contributed by atoms with Crippen molar-refractivity contribution in [1.29, 1.82) is 0 Å². The fraction of sp³-hybridized carbons (Fsp3) is 0. The van der Waals surface area contributed by atoms with Crippen molar-refractivity contribution >= 4 is 21.8 Å². The topological polar surface area (TPSA) is 92.0 Å². The second-order valence-electron chi connectivity index (χ2n) is 8.23. The Morgan fingerprint density at radius 1 is 0.429 bits per heavy atom. The molecule has 2 N–H and O–H groups in total. The first-order valence-electron chi connectivity index (χ1n) is 10.9. The van der Waals surface area contributed by atoms with Crippen molar-refractivity contribution < 1.29 is 29.7 Å². The van der Waals surface area contributed by atoms with Crippen molar-refractivity contribution in [3.8, 4) is 56.8 Å². The molecule has 7 heteroatoms. The van der Waals surface area contributed by atoms with Crippen molar-refractivity contribution in [1.82, 2.24) is 19.9 Å². The molecular formula is C28H16N4O2Zn. The Balaban J connectivity index is 0.00000229. The number of phenolic OH excluding ortho intramolecular Hbond substituents is 2. The molecule has 2 aliphatic heterocycles. The van der Waals surface area contributed by atoms with Crippen LogP contribution >= 0.6 is 0 Å². The van der Waals surface area contributed by atoms with Crippen molar-refractivity contribution in [2.75, 3.05) is 0 Å². The number of fused-ring (bicyclic) bond motifs is 16. The minimum atomic E-state index is 0. The summed E-state index contributed by atoms with van der Waals surface area (Å²) in [6.07, 6.45) is 0. The molecule has 6 nitrogen and oxygen atoms in total. The molecule has 0 fully saturated rings. The molecule has 3 heterocycles. The smallest absolute Gasteiger partial charge is 0.161 e. The summed E-state index contributed by atoms with van der Waals surface area (Å²) in [5.74, 6) is 1.00. The van der Waals surface area contributed by atoms with Crippen molar-refractivity contribution in [3.63, 3.8) is 0 Å². The third-order valence-electron chi connectivity index (χ3n) is 6.27. The first kappa shape index (κ1) is 21.3. The number of rotatable bonds is 0. The zero-order valence-electron chi connectivity index (χ0n) is 18.5. The first-order valence-corrected chi connectivity index (χ1v) is 10.9. The molecule has 0 unspecified atom stereocenters. The van der Waals surface area contributed by atoms with Crippen LogP contribution in [0, 0.1) is 0 Å². The Labute approximate surface area is 212 Å². The average Bonchev–Trinajstić information content (AvgIpc) is 3.40. The van der Waals surface area contributed by atoms with Gasteiger partial charge in [-0.05, 0) is 24.3 Å². The van der Waals surface area contributed by atoms with Gasteiger partial charge in [-0.1, -0.05) is 60.7 Å². The van der Waals surface area contributed by atoms with E-state index in [1.54, 1.807) is 12.1 Å². The molecule has 0 atom stereocenters. The van der Waals surface area contributed by atoms with Crippen molar-refractivity contribution in [2.45, 2.75) is 0 Å². The maximum absolute atomic E-state index is 11.2. The van der Waals surface area contributed by atoms with E-state index < -0.39 is 0 Å². The van der Waals surface area contributed by atoms with Crippen LogP contribution in [0.5, 0.6) is 11.5 Å². The first-order chi connectivity index (χ1) is 16.7. The normalized spacial score (nSPS) is 11.4. The summed E-state index contributed by atoms with van der Waals surface area (Å²) in [6.45, 7) is 0. The molecule has 5 aromatic rings. The van der Waals surface area contributed by atoms with Gasteiger partial charge in [-0.3, -0.25) is 0 Å². The number of benzene rings is 4. The molecule has 0 amide bonds. The van der Waals surface area contributed by atoms with Crippen LogP contribution in [0.25, 0.3) is 67.1 Å². The fourth-order valence-electron chi connectivity index (χ4n) is 4.66. The Morgan fingerprint density at radius 2 is 0.829 bits per heavy atom. The molecule has 0 spiro atoms. The predicted octanol–water partition coefficient (Wildman–Crippen LogP) is 5.96. The molecule has 2 aliphatic rings. The van der Waals surface area contributed by atoms with Gasteiger partial charge in [-0.15, -0.1) is 0 Å². The summed E-state index contributed by atoms with van der Waals surface area (Å²) < 4.78 is 0. The van der Waals surface area contributed by atoms with Gasteiger partial charge in [0.15, 0.2) is 23.1 Å². The number of hydrogen-bond donors (Lipinski definition) is 2. The number of nitrogens with zero attached hydrogens (tertiary/aromatic N) is 4. The van der Waals surface area contributed by atoms with Gasteiger partial charge in [0, 0.05) is 52.5 Å². The van der Waals surface area contributed by atoms with E-state index in [1.165, 1.54) is 0 Å². The van der Waals surface area contributed by atoms with Crippen LogP contribution in [0.4, 0.5) is 0 Å². The second kappa shape index (κ2) is 7.93. The van der Waals surface area contributed by atoms with Gasteiger partial charge in [0.05, 0.1) is 11.4 Å². The van der Waals surface area contributed by atoms with Crippen molar-refractivity contribution in [2.24, 2.45) is 0 Å². The zero-order chi connectivity index (χ0) is 22.8. The van der Waals surface area contributed by atoms with E-state index in [0.717, 1.165) is 22.3 Å². The fourth-order valence-corrected chi connectivity index (χ4v) is 4.66. The molecule has 0 aliphatic carbocycles. The van der Waals surface area contributed by atoms with E-state index in [1.807, 2.05) is 72.8 Å². The van der Waals surface area contributed by atoms with Crippen LogP contribution in [-0.2, 0) is 19.5 Å². The van der Waals surface area contributed by atoms with Crippen LogP contribution in [0.2, 0.25) is 0 Å². The van der Waals surface area contributed by atoms with E-state index in [-0.39, 0.29) is 31.0 Å². The molecule has 1 aromatic heterocycles. The van der Waals surface area contributed by atoms with Gasteiger partial charge >= 0.3 is 0 Å². The number of para-hydroxylation sites is 2. The Kier molecular flexibility index (Phi) is 4.83. The maximum Gasteiger partial charge on any atom is 0.161 e. The van der Waals surface area contributed by atoms with E-state index in [4.69, 9.17) is 19.9 Å². The Bertz CT molecular complexity index is 1670. The summed E-state index contributed by atoms with van der Waals surface area (Å²) in [5, 5.41) is 23.6. The Morgan fingerprint density at radius 3 is 1.26 bits per heavy atom. The standard InChI is InChI=1S/C28H16N4O2.Zn/c33-25-19-11-5-13-21(25)30-28-18-10-4-2-8-16(18)24(32-28)20-12-6-14-22(26(20)34)29-27-17-9-3-1-7-15(17)23(19)31-27;/h1-14,33-34H;. The maximum atomic E-state index is 11.2. The number of hydrogen-bond acceptors (Lipinski definition) is 6. The zero-order valence-corrected chi connectivity index (χ0v) is 21.4. The molecule has 8 bridgehead atoms. The molecular weight excluding hydrogens is 490 g/mol. The number of phenols is 2. The van der Waals surface area contributed by atoms with E-state index in [0.29, 0.717) is 44.8 Å².